The predicted molar refractivity (Wildman–Crippen MR) is 129 cm³/mol. The first kappa shape index (κ1) is 29.7. The molecule has 3 rings (SSSR count). The molecule has 212 valence electrons. The second-order valence-corrected chi connectivity index (χ2v) is 10.6. The molecule has 0 radical (unpaired) electrons. The van der Waals surface area contributed by atoms with Crippen LogP contribution in [0.4, 0.5) is 18.0 Å². The first-order valence-electron chi connectivity index (χ1n) is 11.6. The molecule has 39 heavy (non-hydrogen) atoms. The Labute approximate surface area is 222 Å². The fourth-order valence-electron chi connectivity index (χ4n) is 3.79. The highest BCUT2D eigenvalue weighted by molar-refractivity contribution is 7.89. The average Bonchev–Trinajstić information content (AvgIpc) is 3.39. The van der Waals surface area contributed by atoms with Crippen LogP contribution in [0.5, 0.6) is 11.5 Å². The number of aliphatic carboxylic acids is 1. The third-order valence-corrected chi connectivity index (χ3v) is 7.50. The molecule has 1 aliphatic heterocycles. The highest BCUT2D eigenvalue weighted by atomic mass is 32.2. The van der Waals surface area contributed by atoms with Crippen LogP contribution in [0, 0.1) is 0 Å². The third kappa shape index (κ3) is 7.60. The fraction of sp³-hybridized carbons (Fsp3) is 0.375. The maximum absolute atomic E-state index is 13.6. The molecular weight excluding hydrogens is 547 g/mol. The molecular formula is C24H26F3N3O8S. The van der Waals surface area contributed by atoms with Crippen LogP contribution in [0.3, 0.4) is 0 Å². The number of carbonyl (C=O) groups is 3. The number of hydrogen-bond donors (Lipinski definition) is 2. The molecule has 2 N–H and O–H groups in total. The van der Waals surface area contributed by atoms with E-state index in [1.807, 2.05) is 0 Å². The van der Waals surface area contributed by atoms with Crippen LogP contribution in [0.15, 0.2) is 53.4 Å². The molecule has 2 aromatic carbocycles. The van der Waals surface area contributed by atoms with Crippen LogP contribution in [0.25, 0.3) is 0 Å². The molecule has 2 amide bonds. The second kappa shape index (κ2) is 11.9. The molecule has 0 aliphatic carbocycles. The predicted octanol–water partition coefficient (Wildman–Crippen LogP) is 2.61. The van der Waals surface area contributed by atoms with Gasteiger partial charge in [-0.1, -0.05) is 12.1 Å². The molecule has 15 heteroatoms. The maximum Gasteiger partial charge on any atom is 0.573 e. The molecule has 2 atom stereocenters. The van der Waals surface area contributed by atoms with E-state index in [2.05, 4.69) is 10.1 Å². The number of nitrogens with zero attached hydrogens (tertiary/aromatic N) is 2. The fourth-order valence-corrected chi connectivity index (χ4v) is 5.37. The number of carbonyl (C=O) groups excluding carboxylic acids is 2. The highest BCUT2D eigenvalue weighted by Crippen LogP contribution is 2.28. The van der Waals surface area contributed by atoms with E-state index in [-0.39, 0.29) is 16.5 Å². The first-order valence-corrected chi connectivity index (χ1v) is 13.0. The summed E-state index contributed by atoms with van der Waals surface area (Å²) in [6, 6.07) is 5.83. The van der Waals surface area contributed by atoms with Gasteiger partial charge in [-0.2, -0.15) is 0 Å². The van der Waals surface area contributed by atoms with Crippen molar-refractivity contribution in [1.82, 2.24) is 14.5 Å². The lowest BCUT2D eigenvalue weighted by Gasteiger charge is -2.30. The molecule has 1 heterocycles. The lowest BCUT2D eigenvalue weighted by atomic mass is 10.0. The summed E-state index contributed by atoms with van der Waals surface area (Å²) < 4.78 is 73.9. The second-order valence-electron chi connectivity index (χ2n) is 8.77. The molecule has 2 aromatic rings. The summed E-state index contributed by atoms with van der Waals surface area (Å²) >= 11 is 0. The largest absolute Gasteiger partial charge is 0.573 e. The molecule has 0 saturated carbocycles. The van der Waals surface area contributed by atoms with Gasteiger partial charge in [-0.15, -0.1) is 13.2 Å². The van der Waals surface area contributed by atoms with Gasteiger partial charge in [0.25, 0.3) is 15.9 Å². The number of sulfonamides is 1. The van der Waals surface area contributed by atoms with Gasteiger partial charge in [0.15, 0.2) is 0 Å². The lowest BCUT2D eigenvalue weighted by molar-refractivity contribution is -0.274. The van der Waals surface area contributed by atoms with E-state index in [0.717, 1.165) is 24.3 Å². The van der Waals surface area contributed by atoms with Gasteiger partial charge < -0.3 is 24.8 Å². The van der Waals surface area contributed by atoms with E-state index in [1.54, 1.807) is 0 Å². The molecule has 11 nitrogen and oxygen atoms in total. The van der Waals surface area contributed by atoms with E-state index < -0.39 is 63.5 Å². The van der Waals surface area contributed by atoms with Crippen molar-refractivity contribution in [1.29, 1.82) is 0 Å². The summed E-state index contributed by atoms with van der Waals surface area (Å²) in [6.07, 6.45) is -5.28. The van der Waals surface area contributed by atoms with Gasteiger partial charge in [0.1, 0.15) is 17.5 Å². The van der Waals surface area contributed by atoms with E-state index in [9.17, 15) is 41.1 Å². The van der Waals surface area contributed by atoms with Gasteiger partial charge in [-0.25, -0.2) is 22.3 Å². The highest BCUT2D eigenvalue weighted by Gasteiger charge is 2.43. The summed E-state index contributed by atoms with van der Waals surface area (Å²) in [5, 5.41) is 12.9. The van der Waals surface area contributed by atoms with Crippen molar-refractivity contribution in [2.45, 2.75) is 42.6 Å². The van der Waals surface area contributed by atoms with Crippen molar-refractivity contribution in [2.75, 3.05) is 20.6 Å². The average molecular weight is 574 g/mol. The zero-order valence-electron chi connectivity index (χ0n) is 20.8. The van der Waals surface area contributed by atoms with Crippen LogP contribution in [-0.4, -0.2) is 79.8 Å². The SMILES string of the molecule is CN(C)C(=O)Oc1ccc(C[C@@H](C(=O)O)N(C(=O)[C@@H]2CCCN2)S(=O)(=O)c2ccc(OC(F)(F)F)cc2)cc1. The maximum atomic E-state index is 13.6. The molecule has 1 fully saturated rings. The quantitative estimate of drug-likeness (QED) is 0.463. The molecule has 0 bridgehead atoms. The minimum absolute atomic E-state index is 0.154. The first-order chi connectivity index (χ1) is 18.2. The summed E-state index contributed by atoms with van der Waals surface area (Å²) in [7, 11) is -1.88. The smallest absolute Gasteiger partial charge is 0.480 e. The molecule has 0 unspecified atom stereocenters. The monoisotopic (exact) mass is 573 g/mol. The normalized spacial score (nSPS) is 16.3. The molecule has 0 aromatic heterocycles. The van der Waals surface area contributed by atoms with Crippen LogP contribution in [0.2, 0.25) is 0 Å². The van der Waals surface area contributed by atoms with Crippen LogP contribution in [0.1, 0.15) is 18.4 Å². The minimum atomic E-state index is -5.01. The standard InChI is InChI=1S/C24H26F3N3O8S/c1-29(2)23(34)37-16-7-5-15(6-8-16)14-20(22(32)33)30(21(31)19-4-3-13-28-19)39(35,36)18-11-9-17(10-12-18)38-24(25,26)27/h5-12,19-20,28H,3-4,13-14H2,1-2H3,(H,32,33)/t19-,20-/m0/s1. The number of amides is 2. The molecule has 0 spiro atoms. The van der Waals surface area contributed by atoms with Gasteiger partial charge in [-0.3, -0.25) is 4.79 Å². The molecule has 1 aliphatic rings. The van der Waals surface area contributed by atoms with Crippen LogP contribution in [-0.2, 0) is 26.0 Å². The van der Waals surface area contributed by atoms with E-state index in [1.165, 1.54) is 43.3 Å². The van der Waals surface area contributed by atoms with Gasteiger partial charge in [-0.05, 0) is 61.3 Å². The number of alkyl halides is 3. The Kier molecular flexibility index (Phi) is 9.07. The topological polar surface area (TPSA) is 143 Å². The Balaban J connectivity index is 1.96. The Hall–Kier alpha value is -3.85. The van der Waals surface area contributed by atoms with Crippen molar-refractivity contribution in [2.24, 2.45) is 0 Å². The Morgan fingerprint density at radius 3 is 2.13 bits per heavy atom. The number of halogens is 3. The lowest BCUT2D eigenvalue weighted by Crippen LogP contribution is -2.54. The number of carboxylic acids is 1. The van der Waals surface area contributed by atoms with Gasteiger partial charge in [0.2, 0.25) is 0 Å². The number of carboxylic acid groups (broad SMARTS) is 1. The van der Waals surface area contributed by atoms with Crippen molar-refractivity contribution >= 4 is 28.0 Å². The van der Waals surface area contributed by atoms with E-state index in [0.29, 0.717) is 18.5 Å². The summed E-state index contributed by atoms with van der Waals surface area (Å²) in [5.74, 6) is -3.17. The summed E-state index contributed by atoms with van der Waals surface area (Å²) in [6.45, 7) is 0.415. The molecule has 1 saturated heterocycles. The summed E-state index contributed by atoms with van der Waals surface area (Å²) in [5.41, 5.74) is 0.313. The zero-order chi connectivity index (χ0) is 29.0. The zero-order valence-corrected chi connectivity index (χ0v) is 21.7. The van der Waals surface area contributed by atoms with Crippen LogP contribution < -0.4 is 14.8 Å². The number of nitrogens with one attached hydrogen (secondary N) is 1. The van der Waals surface area contributed by atoms with Crippen LogP contribution >= 0.6 is 0 Å². The van der Waals surface area contributed by atoms with E-state index >= 15 is 0 Å². The van der Waals surface area contributed by atoms with Crippen molar-refractivity contribution < 1.29 is 50.6 Å². The van der Waals surface area contributed by atoms with E-state index in [4.69, 9.17) is 4.74 Å². The Morgan fingerprint density at radius 1 is 1.05 bits per heavy atom. The van der Waals surface area contributed by atoms with Crippen molar-refractivity contribution in [3.05, 3.63) is 54.1 Å². The van der Waals surface area contributed by atoms with Gasteiger partial charge in [0, 0.05) is 20.5 Å². The Bertz CT molecular complexity index is 1290. The number of ether oxygens (including phenoxy) is 2. The van der Waals surface area contributed by atoms with Gasteiger partial charge in [0.05, 0.1) is 10.9 Å². The number of benzene rings is 2. The van der Waals surface area contributed by atoms with Gasteiger partial charge >= 0.3 is 18.4 Å². The minimum Gasteiger partial charge on any atom is -0.480 e. The summed E-state index contributed by atoms with van der Waals surface area (Å²) in [4.78, 5) is 38.1. The number of rotatable bonds is 9. The van der Waals surface area contributed by atoms with Crippen molar-refractivity contribution in [3.63, 3.8) is 0 Å². The Morgan fingerprint density at radius 2 is 1.64 bits per heavy atom. The third-order valence-electron chi connectivity index (χ3n) is 5.68. The van der Waals surface area contributed by atoms with Crippen molar-refractivity contribution in [3.8, 4) is 11.5 Å². The number of hydrogen-bond acceptors (Lipinski definition) is 8.